The first-order valence-corrected chi connectivity index (χ1v) is 22.1. The van der Waals surface area contributed by atoms with Crippen molar-refractivity contribution < 1.29 is 5.32 Å². The molecule has 1 unspecified atom stereocenters. The number of nitriles is 1. The third kappa shape index (κ3) is 5.52. The van der Waals surface area contributed by atoms with Crippen molar-refractivity contribution in [2.24, 2.45) is 4.99 Å². The van der Waals surface area contributed by atoms with Gasteiger partial charge in [0.25, 0.3) is 0 Å². The Labute approximate surface area is 343 Å². The van der Waals surface area contributed by atoms with Gasteiger partial charge in [-0.3, -0.25) is 14.5 Å². The van der Waals surface area contributed by atoms with E-state index in [4.69, 9.17) is 4.99 Å². The number of nitrogens with two attached hydrogens (primary N) is 1. The fourth-order valence-electron chi connectivity index (χ4n) is 9.53. The maximum Gasteiger partial charge on any atom is 0.235 e. The molecule has 0 radical (unpaired) electrons. The minimum atomic E-state index is -2.81. The molecule has 0 aliphatic carbocycles. The van der Waals surface area contributed by atoms with Crippen LogP contribution in [0.1, 0.15) is 17.3 Å². The van der Waals surface area contributed by atoms with Crippen LogP contribution in [0.2, 0.25) is 0 Å². The summed E-state index contributed by atoms with van der Waals surface area (Å²) in [6.45, 7) is 0. The lowest BCUT2D eigenvalue weighted by atomic mass is 10.1. The molecule has 3 heterocycles. The second-order valence-electron chi connectivity index (χ2n) is 15.2. The van der Waals surface area contributed by atoms with Crippen LogP contribution in [0, 0.1) is 11.3 Å². The Kier molecular flexibility index (Phi) is 8.30. The Balaban J connectivity index is 1.17. The van der Waals surface area contributed by atoms with Gasteiger partial charge in [0.05, 0.1) is 39.3 Å². The summed E-state index contributed by atoms with van der Waals surface area (Å²) >= 11 is 0. The molecule has 6 heteroatoms. The van der Waals surface area contributed by atoms with E-state index in [0.29, 0.717) is 5.56 Å². The van der Waals surface area contributed by atoms with Crippen LogP contribution >= 0.6 is 0 Å². The number of rotatable bonds is 7. The van der Waals surface area contributed by atoms with E-state index in [1.165, 1.54) is 31.5 Å². The summed E-state index contributed by atoms with van der Waals surface area (Å²) in [5, 5.41) is 22.1. The lowest BCUT2D eigenvalue weighted by Gasteiger charge is -2.34. The fourth-order valence-corrected chi connectivity index (χ4v) is 14.3. The number of hydrogen-bond donors (Lipinski definition) is 1. The Morgan fingerprint density at radius 1 is 0.475 bits per heavy atom. The zero-order valence-corrected chi connectivity index (χ0v) is 33.2. The first kappa shape index (κ1) is 34.7. The normalized spacial score (nSPS) is 14.4. The minimum Gasteiger partial charge on any atom is -0.294 e. The van der Waals surface area contributed by atoms with Crippen molar-refractivity contribution in [3.05, 3.63) is 223 Å². The molecule has 278 valence electrons. The highest BCUT2D eigenvalue weighted by Crippen LogP contribution is 2.36. The number of aromatic nitrogens is 2. The van der Waals surface area contributed by atoms with Gasteiger partial charge in [0.2, 0.25) is 5.84 Å². The van der Waals surface area contributed by atoms with Gasteiger partial charge >= 0.3 is 0 Å². The number of nitrogens with zero attached hydrogens (tertiary/aromatic N) is 4. The molecule has 1 aliphatic rings. The summed E-state index contributed by atoms with van der Waals surface area (Å²) in [6.07, 6.45) is 2.10. The predicted molar refractivity (Wildman–Crippen MR) is 245 cm³/mol. The zero-order valence-electron chi connectivity index (χ0n) is 32.2. The van der Waals surface area contributed by atoms with Crippen molar-refractivity contribution >= 4 is 84.1 Å². The molecule has 1 atom stereocenters. The van der Waals surface area contributed by atoms with Crippen molar-refractivity contribution in [3.8, 4) is 6.07 Å². The molecule has 0 spiro atoms. The maximum absolute atomic E-state index is 9.91. The van der Waals surface area contributed by atoms with E-state index in [-0.39, 0.29) is 6.17 Å². The summed E-state index contributed by atoms with van der Waals surface area (Å²) in [6, 6.07) is 76.6. The number of amidine groups is 1. The van der Waals surface area contributed by atoms with E-state index in [0.717, 1.165) is 50.1 Å². The molecule has 10 aromatic rings. The number of hydrogen-bond acceptors (Lipinski definition) is 2. The van der Waals surface area contributed by atoms with Crippen LogP contribution in [-0.4, -0.2) is 23.0 Å². The number of aliphatic imine (C=N–C) groups is 1. The van der Waals surface area contributed by atoms with Crippen LogP contribution in [0.4, 0.5) is 0 Å². The molecule has 0 bridgehead atoms. The van der Waals surface area contributed by atoms with Crippen molar-refractivity contribution in [1.82, 2.24) is 9.13 Å². The third-order valence-corrected chi connectivity index (χ3v) is 16.8. The highest BCUT2D eigenvalue weighted by atomic mass is 28.3. The van der Waals surface area contributed by atoms with Gasteiger partial charge in [0, 0.05) is 27.6 Å². The van der Waals surface area contributed by atoms with E-state index in [1.807, 2.05) is 12.1 Å². The Morgan fingerprint density at radius 2 is 0.966 bits per heavy atom. The number of fused-ring (bicyclic) bond motifs is 6. The molecule has 1 aliphatic heterocycles. The molecule has 2 aromatic heterocycles. The summed E-state index contributed by atoms with van der Waals surface area (Å²) < 4.78 is 4.74. The summed E-state index contributed by atoms with van der Waals surface area (Å²) in [5.74, 6) is 1.78. The molecule has 2 N–H and O–H groups in total. The topological polar surface area (TPSA) is 62.6 Å². The first-order valence-electron chi connectivity index (χ1n) is 20.1. The van der Waals surface area contributed by atoms with Crippen molar-refractivity contribution in [2.45, 2.75) is 6.17 Å². The van der Waals surface area contributed by atoms with Gasteiger partial charge in [-0.25, -0.2) is 0 Å². The van der Waals surface area contributed by atoms with E-state index in [9.17, 15) is 5.26 Å². The van der Waals surface area contributed by atoms with Crippen LogP contribution in [0.25, 0.3) is 49.4 Å². The van der Waals surface area contributed by atoms with E-state index in [2.05, 4.69) is 221 Å². The van der Waals surface area contributed by atoms with Crippen LogP contribution < -0.4 is 26.1 Å². The van der Waals surface area contributed by atoms with Gasteiger partial charge in [0.1, 0.15) is 5.82 Å². The van der Waals surface area contributed by atoms with Crippen molar-refractivity contribution in [1.29, 1.82) is 5.26 Å². The first-order chi connectivity index (χ1) is 29.2. The van der Waals surface area contributed by atoms with Crippen molar-refractivity contribution in [3.63, 3.8) is 0 Å². The quantitative estimate of drug-likeness (QED) is 0.129. The Morgan fingerprint density at radius 3 is 1.54 bits per heavy atom. The SMILES string of the molecule is N#Cc1ccc2c(c1)c1ccccc1n2C1C=C(n2c3ccccc3c3ccccc32)N=C(c2cccc([Si](c3ccccc3)(c3ccccc3)c3ccccc3)c2)[NH2+]1. The van der Waals surface area contributed by atoms with E-state index < -0.39 is 8.07 Å². The lowest BCUT2D eigenvalue weighted by molar-refractivity contribution is -0.591. The van der Waals surface area contributed by atoms with E-state index in [1.54, 1.807) is 0 Å². The van der Waals surface area contributed by atoms with Gasteiger partial charge < -0.3 is 0 Å². The van der Waals surface area contributed by atoms with Crippen LogP contribution in [-0.2, 0) is 0 Å². The smallest absolute Gasteiger partial charge is 0.235 e. The molecule has 0 fully saturated rings. The molecule has 11 rings (SSSR count). The molecule has 0 saturated heterocycles. The maximum atomic E-state index is 9.91. The highest BCUT2D eigenvalue weighted by Gasteiger charge is 2.42. The lowest BCUT2D eigenvalue weighted by Crippen LogP contribution is -2.90. The van der Waals surface area contributed by atoms with Crippen molar-refractivity contribution in [2.75, 3.05) is 0 Å². The largest absolute Gasteiger partial charge is 0.294 e. The Bertz CT molecular complexity index is 3170. The fraction of sp³-hybridized carbons (Fsp3) is 0.0189. The molecule has 8 aromatic carbocycles. The molecular weight excluding hydrogens is 735 g/mol. The molecule has 0 saturated carbocycles. The summed E-state index contributed by atoms with van der Waals surface area (Å²) in [7, 11) is -2.81. The highest BCUT2D eigenvalue weighted by molar-refractivity contribution is 7.19. The van der Waals surface area contributed by atoms with Crippen LogP contribution in [0.5, 0.6) is 0 Å². The monoisotopic (exact) mass is 772 g/mol. The molecule has 5 nitrogen and oxygen atoms in total. The average Bonchev–Trinajstić information content (AvgIpc) is 3.83. The second kappa shape index (κ2) is 14.1. The van der Waals surface area contributed by atoms with E-state index >= 15 is 0 Å². The summed E-state index contributed by atoms with van der Waals surface area (Å²) in [4.78, 5) is 5.63. The van der Waals surface area contributed by atoms with Gasteiger partial charge in [0.15, 0.2) is 14.2 Å². The molecular formula is C53H38N5Si+. The third-order valence-electron chi connectivity index (χ3n) is 12.0. The van der Waals surface area contributed by atoms with Gasteiger partial charge in [-0.05, 0) is 69.3 Å². The molecule has 0 amide bonds. The molecule has 59 heavy (non-hydrogen) atoms. The predicted octanol–water partition coefficient (Wildman–Crippen LogP) is 8.17. The number of quaternary nitrogens is 1. The van der Waals surface area contributed by atoms with Crippen LogP contribution in [0.15, 0.2) is 217 Å². The summed E-state index contributed by atoms with van der Waals surface area (Å²) in [5.41, 5.74) is 6.12. The Hall–Kier alpha value is -7.56. The standard InChI is InChI=1S/C53H37N5Si/c54-36-37-31-32-50-46(33-37)45-27-12-15-30-49(45)58(50)52-35-51(57-47-28-13-10-25-43(47)44-26-11-14-29-48(44)57)55-53(56-52)38-17-16-24-42(34-38)59(39-18-4-1-5-19-39,40-20-6-2-7-21-40)41-22-8-3-9-23-41/h1-35,52H,(H,55,56)/p+1. The average molecular weight is 773 g/mol. The van der Waals surface area contributed by atoms with Gasteiger partial charge in [-0.2, -0.15) is 10.3 Å². The zero-order chi connectivity index (χ0) is 39.3. The van der Waals surface area contributed by atoms with Gasteiger partial charge in [-0.1, -0.05) is 158 Å². The second-order valence-corrected chi connectivity index (χ2v) is 19.0. The van der Waals surface area contributed by atoms with Crippen LogP contribution in [0.3, 0.4) is 0 Å². The minimum absolute atomic E-state index is 0.198. The van der Waals surface area contributed by atoms with Gasteiger partial charge in [-0.15, -0.1) is 0 Å². The number of para-hydroxylation sites is 3. The number of benzene rings is 8.